The first-order valence-corrected chi connectivity index (χ1v) is 5.88. The number of aliphatic hydroxyl groups excluding tert-OH is 1. The van der Waals surface area contributed by atoms with Crippen molar-refractivity contribution >= 4 is 0 Å². The molecule has 0 aliphatic carbocycles. The number of benzene rings is 1. The lowest BCUT2D eigenvalue weighted by Crippen LogP contribution is -2.04. The van der Waals surface area contributed by atoms with Crippen LogP contribution in [0.3, 0.4) is 0 Å². The average Bonchev–Trinajstić information content (AvgIpc) is 2.88. The zero-order chi connectivity index (χ0) is 15.5. The standard InChI is InChI=1S/C14H10F4N2O/c15-13-4-3-10(6-11(13)2-1-5-21)8-20-9-12(7-19-20)14(16,17)18/h3-4,6-7,9,21H,5,8H2. The van der Waals surface area contributed by atoms with Crippen molar-refractivity contribution in [3.63, 3.8) is 0 Å². The molecule has 0 bridgehead atoms. The van der Waals surface area contributed by atoms with Crippen molar-refractivity contribution in [2.45, 2.75) is 12.7 Å². The predicted octanol–water partition coefficient (Wildman–Crippen LogP) is 2.43. The molecule has 0 saturated carbocycles. The van der Waals surface area contributed by atoms with Gasteiger partial charge in [-0.15, -0.1) is 0 Å². The molecule has 21 heavy (non-hydrogen) atoms. The molecule has 0 spiro atoms. The van der Waals surface area contributed by atoms with Gasteiger partial charge in [0.1, 0.15) is 12.4 Å². The van der Waals surface area contributed by atoms with E-state index in [0.717, 1.165) is 17.1 Å². The van der Waals surface area contributed by atoms with Crippen LogP contribution in [-0.2, 0) is 12.7 Å². The van der Waals surface area contributed by atoms with Crippen LogP contribution in [0.5, 0.6) is 0 Å². The highest BCUT2D eigenvalue weighted by atomic mass is 19.4. The van der Waals surface area contributed by atoms with Crippen molar-refractivity contribution in [3.05, 3.63) is 53.1 Å². The Morgan fingerprint density at radius 2 is 2.05 bits per heavy atom. The lowest BCUT2D eigenvalue weighted by molar-refractivity contribution is -0.137. The van der Waals surface area contributed by atoms with Crippen molar-refractivity contribution < 1.29 is 22.7 Å². The molecule has 1 aromatic heterocycles. The molecule has 2 aromatic rings. The van der Waals surface area contributed by atoms with Crippen LogP contribution in [0.25, 0.3) is 0 Å². The van der Waals surface area contributed by atoms with Gasteiger partial charge in [0, 0.05) is 6.20 Å². The van der Waals surface area contributed by atoms with Gasteiger partial charge in [0.05, 0.1) is 23.9 Å². The largest absolute Gasteiger partial charge is 0.419 e. The highest BCUT2D eigenvalue weighted by Gasteiger charge is 2.32. The van der Waals surface area contributed by atoms with Gasteiger partial charge < -0.3 is 5.11 Å². The third-order valence-corrected chi connectivity index (χ3v) is 2.64. The third kappa shape index (κ3) is 3.83. The first-order valence-electron chi connectivity index (χ1n) is 5.88. The zero-order valence-corrected chi connectivity index (χ0v) is 10.7. The smallest absolute Gasteiger partial charge is 0.384 e. The molecular weight excluding hydrogens is 288 g/mol. The summed E-state index contributed by atoms with van der Waals surface area (Å²) in [5.74, 6) is 4.19. The van der Waals surface area contributed by atoms with Crippen LogP contribution >= 0.6 is 0 Å². The molecule has 110 valence electrons. The topological polar surface area (TPSA) is 38.0 Å². The van der Waals surface area contributed by atoms with Crippen LogP contribution in [0.15, 0.2) is 30.6 Å². The van der Waals surface area contributed by atoms with Gasteiger partial charge in [0.15, 0.2) is 0 Å². The summed E-state index contributed by atoms with van der Waals surface area (Å²) in [6.07, 6.45) is -2.84. The fourth-order valence-corrected chi connectivity index (χ4v) is 1.68. The lowest BCUT2D eigenvalue weighted by atomic mass is 10.1. The molecule has 0 saturated heterocycles. The quantitative estimate of drug-likeness (QED) is 0.683. The molecule has 0 atom stereocenters. The second-order valence-electron chi connectivity index (χ2n) is 4.20. The van der Waals surface area contributed by atoms with Gasteiger partial charge in [-0.2, -0.15) is 18.3 Å². The van der Waals surface area contributed by atoms with Crippen LogP contribution in [0, 0.1) is 17.7 Å². The normalized spacial score (nSPS) is 11.1. The SMILES string of the molecule is OCC#Cc1cc(Cn2cc(C(F)(F)F)cn2)ccc1F. The fourth-order valence-electron chi connectivity index (χ4n) is 1.68. The number of aliphatic hydroxyl groups is 1. The summed E-state index contributed by atoms with van der Waals surface area (Å²) in [5.41, 5.74) is -0.217. The van der Waals surface area contributed by atoms with E-state index in [-0.39, 0.29) is 12.1 Å². The summed E-state index contributed by atoms with van der Waals surface area (Å²) in [6, 6.07) is 4.02. The summed E-state index contributed by atoms with van der Waals surface area (Å²) >= 11 is 0. The predicted molar refractivity (Wildman–Crippen MR) is 66.7 cm³/mol. The average molecular weight is 298 g/mol. The first-order chi connectivity index (χ1) is 9.90. The van der Waals surface area contributed by atoms with Crippen LogP contribution < -0.4 is 0 Å². The molecule has 0 fully saturated rings. The molecule has 1 aromatic carbocycles. The minimum atomic E-state index is -4.45. The van der Waals surface area contributed by atoms with E-state index in [1.807, 2.05) is 0 Å². The molecule has 0 amide bonds. The molecule has 1 N–H and O–H groups in total. The van der Waals surface area contributed by atoms with Crippen LogP contribution in [-0.4, -0.2) is 21.5 Å². The molecule has 3 nitrogen and oxygen atoms in total. The molecular formula is C14H10F4N2O. The van der Waals surface area contributed by atoms with E-state index in [1.54, 1.807) is 0 Å². The van der Waals surface area contributed by atoms with E-state index < -0.39 is 24.2 Å². The highest BCUT2D eigenvalue weighted by Crippen LogP contribution is 2.28. The van der Waals surface area contributed by atoms with Crippen molar-refractivity contribution in [2.75, 3.05) is 6.61 Å². The Morgan fingerprint density at radius 3 is 2.67 bits per heavy atom. The van der Waals surface area contributed by atoms with Crippen molar-refractivity contribution in [3.8, 4) is 11.8 Å². The molecule has 0 radical (unpaired) electrons. The Kier molecular flexibility index (Phi) is 4.29. The molecule has 0 unspecified atom stereocenters. The van der Waals surface area contributed by atoms with Gasteiger partial charge in [-0.1, -0.05) is 17.9 Å². The van der Waals surface area contributed by atoms with Crippen LogP contribution in [0.4, 0.5) is 17.6 Å². The lowest BCUT2D eigenvalue weighted by Gasteiger charge is -2.04. The Labute approximate surface area is 117 Å². The Morgan fingerprint density at radius 1 is 1.29 bits per heavy atom. The number of nitrogens with zero attached hydrogens (tertiary/aromatic N) is 2. The fraction of sp³-hybridized carbons (Fsp3) is 0.214. The number of rotatable bonds is 2. The van der Waals surface area contributed by atoms with Crippen molar-refractivity contribution in [2.24, 2.45) is 0 Å². The molecule has 0 aliphatic rings. The maximum atomic E-state index is 13.4. The molecule has 7 heteroatoms. The summed E-state index contributed by atoms with van der Waals surface area (Å²) < 4.78 is 51.9. The Hall–Kier alpha value is -2.33. The van der Waals surface area contributed by atoms with E-state index in [9.17, 15) is 17.6 Å². The Bertz CT molecular complexity index is 695. The van der Waals surface area contributed by atoms with Crippen LogP contribution in [0.2, 0.25) is 0 Å². The second-order valence-corrected chi connectivity index (χ2v) is 4.20. The summed E-state index contributed by atoms with van der Waals surface area (Å²) in [6.45, 7) is -0.345. The van der Waals surface area contributed by atoms with E-state index in [0.29, 0.717) is 5.56 Å². The van der Waals surface area contributed by atoms with Gasteiger partial charge in [0.2, 0.25) is 0 Å². The number of aromatic nitrogens is 2. The minimum Gasteiger partial charge on any atom is -0.384 e. The van der Waals surface area contributed by atoms with E-state index in [1.165, 1.54) is 18.2 Å². The third-order valence-electron chi connectivity index (χ3n) is 2.64. The van der Waals surface area contributed by atoms with Gasteiger partial charge in [-0.05, 0) is 17.7 Å². The highest BCUT2D eigenvalue weighted by molar-refractivity contribution is 5.38. The number of hydrogen-bond acceptors (Lipinski definition) is 2. The minimum absolute atomic E-state index is 0.0597. The second kappa shape index (κ2) is 5.97. The monoisotopic (exact) mass is 298 g/mol. The maximum Gasteiger partial charge on any atom is 0.419 e. The summed E-state index contributed by atoms with van der Waals surface area (Å²) in [4.78, 5) is 0. The number of halogens is 4. The number of alkyl halides is 3. The molecule has 2 rings (SSSR count). The van der Waals surface area contributed by atoms with E-state index >= 15 is 0 Å². The van der Waals surface area contributed by atoms with Crippen molar-refractivity contribution in [1.29, 1.82) is 0 Å². The molecule has 1 heterocycles. The first kappa shape index (κ1) is 15.1. The van der Waals surface area contributed by atoms with Gasteiger partial charge in [-0.25, -0.2) is 4.39 Å². The summed E-state index contributed by atoms with van der Waals surface area (Å²) in [5, 5.41) is 12.2. The number of hydrogen-bond donors (Lipinski definition) is 1. The van der Waals surface area contributed by atoms with Crippen molar-refractivity contribution in [1.82, 2.24) is 9.78 Å². The van der Waals surface area contributed by atoms with Gasteiger partial charge in [0.25, 0.3) is 0 Å². The van der Waals surface area contributed by atoms with Gasteiger partial charge >= 0.3 is 6.18 Å². The zero-order valence-electron chi connectivity index (χ0n) is 10.7. The van der Waals surface area contributed by atoms with E-state index in [4.69, 9.17) is 5.11 Å². The van der Waals surface area contributed by atoms with Crippen LogP contribution in [0.1, 0.15) is 16.7 Å². The molecule has 0 aliphatic heterocycles. The van der Waals surface area contributed by atoms with E-state index in [2.05, 4.69) is 16.9 Å². The maximum absolute atomic E-state index is 13.4. The Balaban J connectivity index is 2.22. The summed E-state index contributed by atoms with van der Waals surface area (Å²) in [7, 11) is 0. The van der Waals surface area contributed by atoms with Gasteiger partial charge in [-0.3, -0.25) is 4.68 Å².